The van der Waals surface area contributed by atoms with Crippen LogP contribution in [0.3, 0.4) is 0 Å². The minimum atomic E-state index is -0.350. The molecule has 0 atom stereocenters. The van der Waals surface area contributed by atoms with Gasteiger partial charge in [0, 0.05) is 16.4 Å². The highest BCUT2D eigenvalue weighted by atomic mass is 32.2. The molecule has 140 valence electrons. The number of aryl methyl sites for hydroxylation is 1. The number of hydrogen-bond donors (Lipinski definition) is 1. The lowest BCUT2D eigenvalue weighted by atomic mass is 10.1. The van der Waals surface area contributed by atoms with Crippen molar-refractivity contribution in [3.63, 3.8) is 0 Å². The number of aromatic nitrogens is 3. The number of nitrogens with one attached hydrogen (secondary N) is 1. The molecule has 0 aliphatic carbocycles. The van der Waals surface area contributed by atoms with Gasteiger partial charge in [-0.05, 0) is 48.2 Å². The second-order valence-electron chi connectivity index (χ2n) is 5.46. The van der Waals surface area contributed by atoms with Gasteiger partial charge >= 0.3 is 5.76 Å². The van der Waals surface area contributed by atoms with Crippen molar-refractivity contribution in [1.29, 1.82) is 0 Å². The molecule has 0 saturated carbocycles. The molecule has 0 spiro atoms. The number of nitrogens with zero attached hydrogens (tertiary/aromatic N) is 3. The summed E-state index contributed by atoms with van der Waals surface area (Å²) in [6.45, 7) is 6.53. The summed E-state index contributed by atoms with van der Waals surface area (Å²) in [4.78, 5) is 17.3. The number of benzene rings is 2. The lowest BCUT2D eigenvalue weighted by Crippen LogP contribution is -2.15. The molecule has 6 nitrogen and oxygen atoms in total. The molecule has 2 aromatic carbocycles. The van der Waals surface area contributed by atoms with Crippen LogP contribution < -0.4 is 10.5 Å². The Bertz CT molecular complexity index is 1070. The van der Waals surface area contributed by atoms with Crippen molar-refractivity contribution in [3.8, 4) is 0 Å². The third kappa shape index (κ3) is 4.40. The molecule has 0 unspecified atom stereocenters. The van der Waals surface area contributed by atoms with Crippen molar-refractivity contribution in [1.82, 2.24) is 13.9 Å². The van der Waals surface area contributed by atoms with Gasteiger partial charge in [-0.1, -0.05) is 38.1 Å². The third-order valence-corrected chi connectivity index (χ3v) is 5.34. The second-order valence-corrected chi connectivity index (χ2v) is 7.12. The van der Waals surface area contributed by atoms with Gasteiger partial charge in [0.15, 0.2) is 5.58 Å². The number of fused-ring (bicyclic) bond motifs is 1. The van der Waals surface area contributed by atoms with Crippen LogP contribution >= 0.6 is 23.5 Å². The summed E-state index contributed by atoms with van der Waals surface area (Å²) in [6, 6.07) is 13.7. The zero-order valence-corrected chi connectivity index (χ0v) is 16.9. The maximum atomic E-state index is 12.3. The van der Waals surface area contributed by atoms with E-state index in [4.69, 9.17) is 4.42 Å². The van der Waals surface area contributed by atoms with Gasteiger partial charge in [-0.2, -0.15) is 4.37 Å². The van der Waals surface area contributed by atoms with Gasteiger partial charge in [0.1, 0.15) is 6.33 Å². The largest absolute Gasteiger partial charge is 0.420 e. The van der Waals surface area contributed by atoms with Gasteiger partial charge < -0.3 is 9.14 Å². The minimum absolute atomic E-state index is 0.350. The van der Waals surface area contributed by atoms with E-state index in [0.29, 0.717) is 12.1 Å². The molecule has 27 heavy (non-hydrogen) atoms. The molecule has 8 heteroatoms. The molecule has 0 bridgehead atoms. The molecule has 0 fully saturated rings. The Hall–Kier alpha value is -2.58. The molecule has 1 N–H and O–H groups in total. The maximum absolute atomic E-state index is 12.3. The van der Waals surface area contributed by atoms with E-state index >= 15 is 0 Å². The summed E-state index contributed by atoms with van der Waals surface area (Å²) >= 11 is 2.69. The number of oxazole rings is 1. The Morgan fingerprint density at radius 3 is 2.78 bits per heavy atom. The third-order valence-electron chi connectivity index (χ3n) is 3.85. The first-order chi connectivity index (χ1) is 13.2. The van der Waals surface area contributed by atoms with Crippen LogP contribution in [0, 0.1) is 6.92 Å². The van der Waals surface area contributed by atoms with E-state index in [1.807, 2.05) is 63.2 Å². The van der Waals surface area contributed by atoms with E-state index in [2.05, 4.69) is 14.1 Å². The number of anilines is 1. The van der Waals surface area contributed by atoms with Crippen LogP contribution in [0.4, 0.5) is 5.13 Å². The normalized spacial score (nSPS) is 10.5. The van der Waals surface area contributed by atoms with Crippen molar-refractivity contribution < 1.29 is 4.42 Å². The molecule has 0 amide bonds. The first kappa shape index (κ1) is 19.2. The standard InChI is InChI=1S/C17H14N4O2S2.C2H6/c1-11-4-2-3-5-12(11)9-21-14-7-6-13(8-15(14)23-17(21)22)24-20-16-18-10-19-25-16;1-2/h2-8,10H,9H2,1H3,(H,18,19,20);1-2H3. The van der Waals surface area contributed by atoms with Crippen LogP contribution in [0.15, 0.2) is 62.9 Å². The topological polar surface area (TPSA) is 73.0 Å². The van der Waals surface area contributed by atoms with Crippen LogP contribution in [0.5, 0.6) is 0 Å². The average molecular weight is 401 g/mol. The SMILES string of the molecule is CC.Cc1ccccc1Cn1c(=O)oc2cc(SNc3ncns3)ccc21. The summed E-state index contributed by atoms with van der Waals surface area (Å²) in [5, 5.41) is 0.726. The van der Waals surface area contributed by atoms with Gasteiger partial charge in [-0.25, -0.2) is 9.78 Å². The van der Waals surface area contributed by atoms with E-state index in [9.17, 15) is 4.79 Å². The van der Waals surface area contributed by atoms with E-state index in [1.165, 1.54) is 29.8 Å². The van der Waals surface area contributed by atoms with Crippen LogP contribution in [-0.4, -0.2) is 13.9 Å². The van der Waals surface area contributed by atoms with Crippen molar-refractivity contribution in [2.75, 3.05) is 4.72 Å². The second kappa shape index (κ2) is 8.88. The molecular weight excluding hydrogens is 380 g/mol. The van der Waals surface area contributed by atoms with E-state index in [-0.39, 0.29) is 5.76 Å². The molecule has 0 aliphatic heterocycles. The smallest absolute Gasteiger partial charge is 0.408 e. The highest BCUT2D eigenvalue weighted by Gasteiger charge is 2.11. The highest BCUT2D eigenvalue weighted by molar-refractivity contribution is 8.00. The van der Waals surface area contributed by atoms with E-state index < -0.39 is 0 Å². The Morgan fingerprint density at radius 2 is 2.04 bits per heavy atom. The van der Waals surface area contributed by atoms with Crippen LogP contribution in [0.2, 0.25) is 0 Å². The lowest BCUT2D eigenvalue weighted by Gasteiger charge is -2.06. The monoisotopic (exact) mass is 400 g/mol. The van der Waals surface area contributed by atoms with Gasteiger partial charge in [0.25, 0.3) is 0 Å². The predicted octanol–water partition coefficient (Wildman–Crippen LogP) is 4.95. The van der Waals surface area contributed by atoms with Crippen molar-refractivity contribution >= 4 is 39.7 Å². The summed E-state index contributed by atoms with van der Waals surface area (Å²) in [5.41, 5.74) is 3.61. The Morgan fingerprint density at radius 1 is 1.22 bits per heavy atom. The van der Waals surface area contributed by atoms with Gasteiger partial charge in [-0.3, -0.25) is 4.57 Å². The zero-order chi connectivity index (χ0) is 19.2. The van der Waals surface area contributed by atoms with Crippen molar-refractivity contribution in [3.05, 3.63) is 70.5 Å². The van der Waals surface area contributed by atoms with E-state index in [1.54, 1.807) is 4.57 Å². The summed E-state index contributed by atoms with van der Waals surface area (Å²) in [6.07, 6.45) is 1.50. The van der Waals surface area contributed by atoms with Crippen LogP contribution in [0.25, 0.3) is 11.1 Å². The highest BCUT2D eigenvalue weighted by Crippen LogP contribution is 2.25. The molecule has 0 aliphatic rings. The molecule has 0 radical (unpaired) electrons. The fourth-order valence-electron chi connectivity index (χ4n) is 2.54. The average Bonchev–Trinajstić information content (AvgIpc) is 3.31. The molecule has 4 aromatic rings. The first-order valence-electron chi connectivity index (χ1n) is 8.58. The van der Waals surface area contributed by atoms with Gasteiger partial charge in [0.2, 0.25) is 5.13 Å². The minimum Gasteiger partial charge on any atom is -0.408 e. The molecule has 4 rings (SSSR count). The fourth-order valence-corrected chi connectivity index (χ4v) is 3.66. The lowest BCUT2D eigenvalue weighted by molar-refractivity contribution is 0.517. The van der Waals surface area contributed by atoms with Crippen LogP contribution in [-0.2, 0) is 6.54 Å². The number of rotatable bonds is 5. The van der Waals surface area contributed by atoms with Crippen molar-refractivity contribution in [2.24, 2.45) is 0 Å². The number of hydrogen-bond acceptors (Lipinski definition) is 7. The first-order valence-corrected chi connectivity index (χ1v) is 10.2. The van der Waals surface area contributed by atoms with E-state index in [0.717, 1.165) is 26.7 Å². The molecule has 0 saturated heterocycles. The summed E-state index contributed by atoms with van der Waals surface area (Å²) < 4.78 is 14.1. The summed E-state index contributed by atoms with van der Waals surface area (Å²) in [5.74, 6) is -0.350. The quantitative estimate of drug-likeness (QED) is 0.478. The fraction of sp³-hybridized carbons (Fsp3) is 0.211. The maximum Gasteiger partial charge on any atom is 0.420 e. The molecule has 2 aromatic heterocycles. The van der Waals surface area contributed by atoms with Gasteiger partial charge in [-0.15, -0.1) is 0 Å². The Kier molecular flexibility index (Phi) is 6.31. The van der Waals surface area contributed by atoms with Crippen molar-refractivity contribution in [2.45, 2.75) is 32.2 Å². The Labute approximate surface area is 165 Å². The van der Waals surface area contributed by atoms with Crippen LogP contribution in [0.1, 0.15) is 25.0 Å². The zero-order valence-electron chi connectivity index (χ0n) is 15.3. The van der Waals surface area contributed by atoms with Gasteiger partial charge in [0.05, 0.1) is 12.1 Å². The summed E-state index contributed by atoms with van der Waals surface area (Å²) in [7, 11) is 0. The molecule has 2 heterocycles. The molecular formula is C19H20N4O2S2. The predicted molar refractivity (Wildman–Crippen MR) is 111 cm³/mol. The Balaban J connectivity index is 0.00000102.